The molecule has 2 N–H and O–H groups in total. The van der Waals surface area contributed by atoms with Crippen LogP contribution in [0.4, 0.5) is 0 Å². The topological polar surface area (TPSA) is 107 Å². The van der Waals surface area contributed by atoms with Gasteiger partial charge in [-0.1, -0.05) is 17.7 Å². The Morgan fingerprint density at radius 2 is 1.86 bits per heavy atom. The fourth-order valence-corrected chi connectivity index (χ4v) is 4.73. The van der Waals surface area contributed by atoms with Gasteiger partial charge in [0.05, 0.1) is 9.80 Å². The normalized spacial score (nSPS) is 17.3. The minimum Gasteiger partial charge on any atom is -0.508 e. The van der Waals surface area contributed by atoms with E-state index >= 15 is 0 Å². The van der Waals surface area contributed by atoms with E-state index in [0.29, 0.717) is 10.6 Å². The SMILES string of the molecule is C=CCN1C(=O)C(=Cc2ccc(O)cc2O)SC1=NS(=O)(=O)c1ccc(Cl)cc1. The highest BCUT2D eigenvalue weighted by Gasteiger charge is 2.34. The summed E-state index contributed by atoms with van der Waals surface area (Å²) in [7, 11) is -4.07. The molecule has 1 saturated heterocycles. The second-order valence-corrected chi connectivity index (χ2v) is 8.91. The van der Waals surface area contributed by atoms with Gasteiger partial charge in [0.1, 0.15) is 11.5 Å². The number of amides is 1. The second kappa shape index (κ2) is 8.32. The largest absolute Gasteiger partial charge is 0.508 e. The molecule has 1 heterocycles. The molecule has 0 bridgehead atoms. The summed E-state index contributed by atoms with van der Waals surface area (Å²) in [5.74, 6) is -0.826. The number of halogens is 1. The molecule has 0 saturated carbocycles. The second-order valence-electron chi connectivity index (χ2n) is 5.86. The van der Waals surface area contributed by atoms with Gasteiger partial charge in [-0.15, -0.1) is 11.0 Å². The van der Waals surface area contributed by atoms with Crippen LogP contribution in [0.5, 0.6) is 11.5 Å². The molecule has 0 spiro atoms. The van der Waals surface area contributed by atoms with Crippen molar-refractivity contribution in [3.63, 3.8) is 0 Å². The van der Waals surface area contributed by atoms with E-state index in [9.17, 15) is 23.4 Å². The minimum atomic E-state index is -4.07. The van der Waals surface area contributed by atoms with E-state index in [2.05, 4.69) is 11.0 Å². The highest BCUT2D eigenvalue weighted by atomic mass is 35.5. The van der Waals surface area contributed by atoms with Gasteiger partial charge in [0.25, 0.3) is 15.9 Å². The van der Waals surface area contributed by atoms with Gasteiger partial charge in [-0.2, -0.15) is 8.42 Å². The molecule has 0 aromatic heterocycles. The summed E-state index contributed by atoms with van der Waals surface area (Å²) in [4.78, 5) is 14.0. The molecule has 2 aromatic rings. The maximum atomic E-state index is 12.7. The van der Waals surface area contributed by atoms with Crippen molar-refractivity contribution in [1.82, 2.24) is 4.90 Å². The number of phenols is 2. The van der Waals surface area contributed by atoms with E-state index in [-0.39, 0.29) is 33.0 Å². The zero-order chi connectivity index (χ0) is 21.2. The number of aromatic hydroxyl groups is 2. The zero-order valence-electron chi connectivity index (χ0n) is 14.8. The number of hydrogen-bond acceptors (Lipinski definition) is 6. The van der Waals surface area contributed by atoms with Crippen molar-refractivity contribution in [1.29, 1.82) is 0 Å². The summed E-state index contributed by atoms with van der Waals surface area (Å²) in [6.07, 6.45) is 2.85. The molecule has 10 heteroatoms. The van der Waals surface area contributed by atoms with E-state index in [1.807, 2.05) is 0 Å². The third kappa shape index (κ3) is 4.64. The first-order valence-electron chi connectivity index (χ1n) is 8.16. The molecule has 7 nitrogen and oxygen atoms in total. The molecule has 0 unspecified atom stereocenters. The quantitative estimate of drug-likeness (QED) is 0.532. The van der Waals surface area contributed by atoms with Crippen LogP contribution in [-0.4, -0.2) is 41.2 Å². The van der Waals surface area contributed by atoms with Crippen molar-refractivity contribution in [2.45, 2.75) is 4.90 Å². The summed E-state index contributed by atoms with van der Waals surface area (Å²) in [5.41, 5.74) is 0.291. The van der Waals surface area contributed by atoms with Crippen LogP contribution in [0.3, 0.4) is 0 Å². The third-order valence-electron chi connectivity index (χ3n) is 3.81. The third-order valence-corrected chi connectivity index (χ3v) is 6.47. The first-order chi connectivity index (χ1) is 13.7. The van der Waals surface area contributed by atoms with Crippen molar-refractivity contribution in [2.24, 2.45) is 4.40 Å². The summed E-state index contributed by atoms with van der Waals surface area (Å²) in [5, 5.41) is 19.7. The van der Waals surface area contributed by atoms with Crippen molar-refractivity contribution in [3.8, 4) is 11.5 Å². The van der Waals surface area contributed by atoms with Crippen LogP contribution in [-0.2, 0) is 14.8 Å². The molecular weight excluding hydrogens is 436 g/mol. The van der Waals surface area contributed by atoms with Crippen LogP contribution in [0.1, 0.15) is 5.56 Å². The minimum absolute atomic E-state index is 0.0330. The highest BCUT2D eigenvalue weighted by molar-refractivity contribution is 8.19. The first-order valence-corrected chi connectivity index (χ1v) is 10.8. The number of rotatable bonds is 5. The van der Waals surface area contributed by atoms with E-state index in [0.717, 1.165) is 17.8 Å². The van der Waals surface area contributed by atoms with Gasteiger partial charge in [0, 0.05) is 23.2 Å². The molecule has 0 atom stereocenters. The Kier molecular flexibility index (Phi) is 6.02. The van der Waals surface area contributed by atoms with Gasteiger partial charge in [-0.3, -0.25) is 9.69 Å². The van der Waals surface area contributed by atoms with Crippen molar-refractivity contribution in [3.05, 3.63) is 70.6 Å². The molecule has 1 aliphatic rings. The lowest BCUT2D eigenvalue weighted by Crippen LogP contribution is -2.29. The van der Waals surface area contributed by atoms with Gasteiger partial charge in [0.2, 0.25) is 0 Å². The fourth-order valence-electron chi connectivity index (χ4n) is 2.42. The summed E-state index contributed by atoms with van der Waals surface area (Å²) < 4.78 is 29.0. The van der Waals surface area contributed by atoms with Crippen LogP contribution in [0, 0.1) is 0 Å². The molecule has 2 aromatic carbocycles. The number of amidine groups is 1. The van der Waals surface area contributed by atoms with Crippen LogP contribution in [0.15, 0.2) is 69.3 Å². The Labute approximate surface area is 176 Å². The maximum absolute atomic E-state index is 12.7. The monoisotopic (exact) mass is 450 g/mol. The van der Waals surface area contributed by atoms with E-state index in [1.165, 1.54) is 53.5 Å². The molecule has 3 rings (SSSR count). The van der Waals surface area contributed by atoms with Gasteiger partial charge < -0.3 is 10.2 Å². The Hall–Kier alpha value is -2.75. The zero-order valence-corrected chi connectivity index (χ0v) is 17.2. The predicted octanol–water partition coefficient (Wildman–Crippen LogP) is 3.60. The number of carbonyl (C=O) groups excluding carboxylic acids is 1. The van der Waals surface area contributed by atoms with Crippen molar-refractivity contribution >= 4 is 50.5 Å². The highest BCUT2D eigenvalue weighted by Crippen LogP contribution is 2.35. The molecule has 1 fully saturated rings. The van der Waals surface area contributed by atoms with E-state index in [1.54, 1.807) is 0 Å². The number of carbonyl (C=O) groups is 1. The Balaban J connectivity index is 2.01. The van der Waals surface area contributed by atoms with E-state index < -0.39 is 15.9 Å². The van der Waals surface area contributed by atoms with E-state index in [4.69, 9.17) is 11.6 Å². The number of benzene rings is 2. The molecule has 150 valence electrons. The lowest BCUT2D eigenvalue weighted by molar-refractivity contribution is -0.121. The summed E-state index contributed by atoms with van der Waals surface area (Å²) >= 11 is 6.65. The van der Waals surface area contributed by atoms with Crippen LogP contribution in [0.25, 0.3) is 6.08 Å². The molecular formula is C19H15ClN2O5S2. The van der Waals surface area contributed by atoms with Crippen LogP contribution < -0.4 is 0 Å². The average Bonchev–Trinajstić information content (AvgIpc) is 2.93. The number of nitrogens with zero attached hydrogens (tertiary/aromatic N) is 2. The summed E-state index contributed by atoms with van der Waals surface area (Å²) in [6.45, 7) is 3.64. The van der Waals surface area contributed by atoms with Crippen LogP contribution in [0.2, 0.25) is 5.02 Å². The molecule has 0 aliphatic carbocycles. The van der Waals surface area contributed by atoms with Gasteiger partial charge in [-0.05, 0) is 54.2 Å². The lowest BCUT2D eigenvalue weighted by Gasteiger charge is -2.12. The maximum Gasteiger partial charge on any atom is 0.284 e. The van der Waals surface area contributed by atoms with Gasteiger partial charge >= 0.3 is 0 Å². The smallest absolute Gasteiger partial charge is 0.284 e. The standard InChI is InChI=1S/C19H15ClN2O5S2/c1-2-9-22-18(25)17(10-12-3-6-14(23)11-16(12)24)28-19(22)21-29(26,27)15-7-4-13(20)5-8-15/h2-8,10-11,23-24H,1,9H2. The average molecular weight is 451 g/mol. The summed E-state index contributed by atoms with van der Waals surface area (Å²) in [6, 6.07) is 9.45. The number of thioether (sulfide) groups is 1. The fraction of sp³-hybridized carbons (Fsp3) is 0.0526. The first kappa shape index (κ1) is 21.0. The Morgan fingerprint density at radius 3 is 2.48 bits per heavy atom. The molecule has 0 radical (unpaired) electrons. The van der Waals surface area contributed by atoms with Gasteiger partial charge in [0.15, 0.2) is 5.17 Å². The van der Waals surface area contributed by atoms with Crippen molar-refractivity contribution in [2.75, 3.05) is 6.54 Å². The molecule has 29 heavy (non-hydrogen) atoms. The van der Waals surface area contributed by atoms with Gasteiger partial charge in [-0.25, -0.2) is 0 Å². The lowest BCUT2D eigenvalue weighted by atomic mass is 10.1. The molecule has 1 aliphatic heterocycles. The number of phenolic OH excluding ortho intramolecular Hbond substituents is 2. The Morgan fingerprint density at radius 1 is 1.17 bits per heavy atom. The molecule has 1 amide bonds. The number of hydrogen-bond donors (Lipinski definition) is 2. The predicted molar refractivity (Wildman–Crippen MR) is 113 cm³/mol. The number of sulfonamides is 1. The van der Waals surface area contributed by atoms with Crippen LogP contribution >= 0.6 is 23.4 Å². The van der Waals surface area contributed by atoms with Crippen molar-refractivity contribution < 1.29 is 23.4 Å². The Bertz CT molecular complexity index is 1140.